The minimum atomic E-state index is -0.111. The molecule has 5 nitrogen and oxygen atoms in total. The first-order valence-corrected chi connectivity index (χ1v) is 25.6. The second kappa shape index (κ2) is 17.1. The third kappa shape index (κ3) is 9.66. The average Bonchev–Trinajstić information content (AvgIpc) is 3.83. The third-order valence-corrected chi connectivity index (χ3v) is 14.3. The molecule has 3 heterocycles. The highest BCUT2D eigenvalue weighted by Gasteiger charge is 2.42. The van der Waals surface area contributed by atoms with E-state index in [4.69, 9.17) is 9.72 Å². The number of hydrogen-bond donors (Lipinski definition) is 0. The van der Waals surface area contributed by atoms with Crippen LogP contribution < -0.4 is 13.9 Å². The van der Waals surface area contributed by atoms with Crippen LogP contribution in [0.25, 0.3) is 38.8 Å². The number of benzene rings is 6. The van der Waals surface area contributed by atoms with Gasteiger partial charge >= 0.3 is 11.7 Å². The summed E-state index contributed by atoms with van der Waals surface area (Å²) in [4.78, 5) is 5.03. The molecule has 2 aromatic heterocycles. The summed E-state index contributed by atoms with van der Waals surface area (Å²) in [5.41, 5.74) is 16.5. The minimum Gasteiger partial charge on any atom is -0.457 e. The highest BCUT2D eigenvalue weighted by Crippen LogP contribution is 2.46. The Morgan fingerprint density at radius 2 is 1.00 bits per heavy atom. The summed E-state index contributed by atoms with van der Waals surface area (Å²) in [7, 11) is 0. The van der Waals surface area contributed by atoms with Crippen molar-refractivity contribution in [3.05, 3.63) is 167 Å². The van der Waals surface area contributed by atoms with Gasteiger partial charge in [0.2, 0.25) is 11.4 Å². The average molecular weight is 941 g/mol. The van der Waals surface area contributed by atoms with Gasteiger partial charge in [-0.3, -0.25) is 4.57 Å². The number of aromatic nitrogens is 2. The van der Waals surface area contributed by atoms with E-state index in [0.717, 1.165) is 56.5 Å². The van der Waals surface area contributed by atoms with Gasteiger partial charge in [0.05, 0.1) is 17.1 Å². The van der Waals surface area contributed by atoms with Crippen molar-refractivity contribution in [2.75, 3.05) is 0 Å². The lowest BCUT2D eigenvalue weighted by atomic mass is 9.79. The van der Waals surface area contributed by atoms with Crippen molar-refractivity contribution in [2.24, 2.45) is 0 Å². The van der Waals surface area contributed by atoms with E-state index in [0.29, 0.717) is 0 Å². The van der Waals surface area contributed by atoms with Crippen LogP contribution in [0.4, 0.5) is 22.7 Å². The lowest BCUT2D eigenvalue weighted by Crippen LogP contribution is -2.18. The van der Waals surface area contributed by atoms with Gasteiger partial charge in [-0.1, -0.05) is 173 Å². The molecule has 0 bridgehead atoms. The fraction of sp³-hybridized carbons (Fsp3) is 0.364. The fourth-order valence-electron chi connectivity index (χ4n) is 9.73. The van der Waals surface area contributed by atoms with Gasteiger partial charge in [-0.05, 0) is 123 Å². The first-order valence-electron chi connectivity index (χ1n) is 25.6. The topological polar surface area (TPSA) is 33.1 Å². The predicted molar refractivity (Wildman–Crippen MR) is 304 cm³/mol. The number of fused-ring (bicyclic) bond motifs is 4. The van der Waals surface area contributed by atoms with Crippen LogP contribution >= 0.6 is 0 Å². The lowest BCUT2D eigenvalue weighted by Gasteiger charge is -2.26. The monoisotopic (exact) mass is 941 g/mol. The summed E-state index contributed by atoms with van der Waals surface area (Å²) >= 11 is 0. The van der Waals surface area contributed by atoms with Gasteiger partial charge in [0, 0.05) is 52.9 Å². The fourth-order valence-corrected chi connectivity index (χ4v) is 9.73. The zero-order chi connectivity index (χ0) is 51.4. The summed E-state index contributed by atoms with van der Waals surface area (Å²) in [5.74, 6) is 2.37. The van der Waals surface area contributed by atoms with E-state index in [2.05, 4.69) is 266 Å². The highest BCUT2D eigenvalue weighted by molar-refractivity contribution is 6.10. The van der Waals surface area contributed by atoms with Gasteiger partial charge < -0.3 is 4.74 Å². The summed E-state index contributed by atoms with van der Waals surface area (Å²) < 4.78 is 13.7. The maximum Gasteiger partial charge on any atom is 0.503 e. The van der Waals surface area contributed by atoms with Crippen LogP contribution in [0.1, 0.15) is 158 Å². The van der Waals surface area contributed by atoms with Crippen LogP contribution in [-0.2, 0) is 32.5 Å². The van der Waals surface area contributed by atoms with Crippen molar-refractivity contribution in [1.29, 1.82) is 0 Å². The Hall–Kier alpha value is -6.55. The molecule has 0 N–H and O–H groups in total. The van der Waals surface area contributed by atoms with Gasteiger partial charge in [0.25, 0.3) is 5.69 Å². The van der Waals surface area contributed by atoms with E-state index in [1.54, 1.807) is 0 Å². The van der Waals surface area contributed by atoms with Gasteiger partial charge in [0.1, 0.15) is 17.3 Å². The first-order chi connectivity index (χ1) is 32.9. The van der Waals surface area contributed by atoms with Crippen LogP contribution in [0, 0.1) is 0 Å². The first kappa shape index (κ1) is 49.4. The molecule has 0 spiro atoms. The predicted octanol–water partition coefficient (Wildman–Crippen LogP) is 18.3. The van der Waals surface area contributed by atoms with Gasteiger partial charge in [-0.2, -0.15) is 0 Å². The van der Waals surface area contributed by atoms with Crippen LogP contribution in [0.15, 0.2) is 134 Å². The number of nitrogens with zero attached hydrogens (tertiary/aromatic N) is 4. The van der Waals surface area contributed by atoms with Crippen molar-refractivity contribution >= 4 is 50.6 Å². The number of ether oxygens (including phenoxy) is 1. The zero-order valence-electron chi connectivity index (χ0n) is 45.9. The zero-order valence-corrected chi connectivity index (χ0v) is 45.9. The molecule has 0 atom stereocenters. The van der Waals surface area contributed by atoms with E-state index >= 15 is 0 Å². The Balaban J connectivity index is 1.19. The van der Waals surface area contributed by atoms with E-state index in [-0.39, 0.29) is 32.5 Å². The van der Waals surface area contributed by atoms with Crippen molar-refractivity contribution in [3.63, 3.8) is 0 Å². The van der Waals surface area contributed by atoms with Gasteiger partial charge in [-0.25, -0.2) is 4.98 Å². The molecule has 0 amide bonds. The molecule has 5 heteroatoms. The number of pyridine rings is 1. The summed E-state index contributed by atoms with van der Waals surface area (Å²) in [6, 6.07) is 51.0. The molecule has 8 aromatic rings. The Labute approximate surface area is 424 Å². The summed E-state index contributed by atoms with van der Waals surface area (Å²) in [6.07, 6.45) is 1.95. The quantitative estimate of drug-likeness (QED) is 0.156. The molecule has 6 aromatic carbocycles. The van der Waals surface area contributed by atoms with E-state index in [9.17, 15) is 0 Å². The Morgan fingerprint density at radius 1 is 0.423 bits per heavy atom. The molecule has 0 radical (unpaired) electrons. The molecule has 71 heavy (non-hydrogen) atoms. The Bertz CT molecular complexity index is 3410. The maximum absolute atomic E-state index is 6.92. The standard InChI is InChI=1S/C66H76N4O/c1-61(2,3)44-29-30-67-59(38-44)70-56-28-25-42(43-31-45(62(4,5)6)34-46(32-43)63(7,8)9)33-54(56)53-27-26-52(40-58(53)70)71-51-22-19-21-49(39-51)68-41-69(60-55(66(16,17)18)23-20-24-57(60)68)50-36-47(64(10,11)12)35-48(37-50)65(13,14)15/h19-40H,1-18H3/q+2. The molecule has 364 valence electrons. The summed E-state index contributed by atoms with van der Waals surface area (Å²) in [5, 5.41) is 2.32. The van der Waals surface area contributed by atoms with E-state index in [1.807, 2.05) is 12.3 Å². The molecular weight excluding hydrogens is 865 g/mol. The molecule has 9 rings (SSSR count). The molecule has 0 saturated heterocycles. The maximum atomic E-state index is 6.92. The number of hydrogen-bond acceptors (Lipinski definition) is 2. The SMILES string of the molecule is CC(C)(C)c1cc(-c2ccc3c(c2)c2ccc(Oc4cccc([N+]5=C=[N+](c6cc(C(C)(C)C)cc(C(C)(C)C)c6)c6c5cccc6C(C)(C)C)c4)cc2n3-c2cc(C(C)(C)C)ccn2)cc(C(C)(C)C)c1. The van der Waals surface area contributed by atoms with Gasteiger partial charge in [-0.15, -0.1) is 0 Å². The van der Waals surface area contributed by atoms with Gasteiger partial charge in [0.15, 0.2) is 0 Å². The largest absolute Gasteiger partial charge is 0.503 e. The normalized spacial score (nSPS) is 13.7. The van der Waals surface area contributed by atoms with Crippen LogP contribution in [-0.4, -0.2) is 15.6 Å². The van der Waals surface area contributed by atoms with Crippen molar-refractivity contribution in [1.82, 2.24) is 18.7 Å². The van der Waals surface area contributed by atoms with Crippen molar-refractivity contribution in [2.45, 2.75) is 157 Å². The number of rotatable bonds is 6. The highest BCUT2D eigenvalue weighted by atomic mass is 16.5. The Morgan fingerprint density at radius 3 is 1.59 bits per heavy atom. The van der Waals surface area contributed by atoms with Crippen molar-refractivity contribution in [3.8, 4) is 28.4 Å². The third-order valence-electron chi connectivity index (χ3n) is 14.3. The van der Waals surface area contributed by atoms with Crippen LogP contribution in [0.5, 0.6) is 11.5 Å². The smallest absolute Gasteiger partial charge is 0.457 e. The van der Waals surface area contributed by atoms with E-state index < -0.39 is 0 Å². The molecule has 1 aliphatic rings. The second-order valence-electron chi connectivity index (χ2n) is 26.3. The van der Waals surface area contributed by atoms with Crippen LogP contribution in [0.3, 0.4) is 0 Å². The van der Waals surface area contributed by atoms with Crippen molar-refractivity contribution < 1.29 is 4.74 Å². The number of para-hydroxylation sites is 1. The van der Waals surface area contributed by atoms with E-state index in [1.165, 1.54) is 49.9 Å². The molecule has 1 aliphatic heterocycles. The second-order valence-corrected chi connectivity index (χ2v) is 26.3. The summed E-state index contributed by atoms with van der Waals surface area (Å²) in [6.45, 7) is 41.3. The Kier molecular flexibility index (Phi) is 11.9. The molecule has 0 saturated carbocycles. The van der Waals surface area contributed by atoms with Crippen LogP contribution in [0.2, 0.25) is 0 Å². The molecular formula is C66H76N4O+2. The lowest BCUT2D eigenvalue weighted by molar-refractivity contribution is 0.483. The molecule has 0 unspecified atom stereocenters. The molecule has 0 fully saturated rings. The molecule has 0 aliphatic carbocycles. The minimum absolute atomic E-state index is 0.0104.